The highest BCUT2D eigenvalue weighted by atomic mass is 16.5. The molecule has 5 nitrogen and oxygen atoms in total. The Kier molecular flexibility index (Phi) is 5.17. The normalized spacial score (nSPS) is 30.4. The molecule has 0 saturated heterocycles. The van der Waals surface area contributed by atoms with Gasteiger partial charge in [-0.15, -0.1) is 0 Å². The zero-order valence-corrected chi connectivity index (χ0v) is 16.8. The molecule has 1 N–H and O–H groups in total. The molecule has 4 fully saturated rings. The Morgan fingerprint density at radius 2 is 1.82 bits per heavy atom. The molecule has 4 aliphatic carbocycles. The first-order valence-electron chi connectivity index (χ1n) is 10.3. The van der Waals surface area contributed by atoms with Crippen LogP contribution in [0.3, 0.4) is 0 Å². The Morgan fingerprint density at radius 1 is 1.18 bits per heavy atom. The molecule has 0 radical (unpaired) electrons. The van der Waals surface area contributed by atoms with Crippen molar-refractivity contribution in [2.45, 2.75) is 44.1 Å². The number of methoxy groups -OCH3 is 1. The number of ether oxygens (including phenoxy) is 1. The van der Waals surface area contributed by atoms with Crippen molar-refractivity contribution in [2.24, 2.45) is 17.8 Å². The van der Waals surface area contributed by atoms with E-state index in [0.29, 0.717) is 0 Å². The number of hydrogen-bond donors (Lipinski definition) is 1. The van der Waals surface area contributed by atoms with Crippen LogP contribution in [0.15, 0.2) is 30.3 Å². The Balaban J connectivity index is 1.31. The van der Waals surface area contributed by atoms with Gasteiger partial charge in [-0.3, -0.25) is 9.59 Å². The fourth-order valence-corrected chi connectivity index (χ4v) is 5.93. The molecule has 4 saturated carbocycles. The minimum absolute atomic E-state index is 0.00779. The third kappa shape index (κ3) is 4.08. The van der Waals surface area contributed by atoms with Crippen molar-refractivity contribution >= 4 is 17.9 Å². The summed E-state index contributed by atoms with van der Waals surface area (Å²) in [6, 6.07) is 7.52. The van der Waals surface area contributed by atoms with E-state index in [1.54, 1.807) is 20.2 Å². The predicted octanol–water partition coefficient (Wildman–Crippen LogP) is 3.25. The number of nitrogens with zero attached hydrogens (tertiary/aromatic N) is 1. The van der Waals surface area contributed by atoms with Gasteiger partial charge in [-0.05, 0) is 80.1 Å². The average Bonchev–Trinajstić information content (AvgIpc) is 2.64. The fourth-order valence-electron chi connectivity index (χ4n) is 5.93. The molecule has 5 rings (SSSR count). The first kappa shape index (κ1) is 19.0. The van der Waals surface area contributed by atoms with Gasteiger partial charge < -0.3 is 15.0 Å². The SMILES string of the molecule is COc1cccc(/C=C/C(=O)N(C)CC(=O)NC23CC4CC(CC(C4)C2)C3)c1. The van der Waals surface area contributed by atoms with E-state index in [0.717, 1.165) is 48.3 Å². The number of carbonyl (C=O) groups excluding carboxylic acids is 2. The van der Waals surface area contributed by atoms with E-state index in [1.165, 1.54) is 30.2 Å². The van der Waals surface area contributed by atoms with Crippen LogP contribution >= 0.6 is 0 Å². The zero-order valence-electron chi connectivity index (χ0n) is 16.8. The second-order valence-electron chi connectivity index (χ2n) is 9.05. The summed E-state index contributed by atoms with van der Waals surface area (Å²) in [5.41, 5.74) is 0.880. The second kappa shape index (κ2) is 7.61. The fraction of sp³-hybridized carbons (Fsp3) is 0.565. The smallest absolute Gasteiger partial charge is 0.246 e. The van der Waals surface area contributed by atoms with Crippen LogP contribution in [-0.4, -0.2) is 43.0 Å². The molecular formula is C23H30N2O3. The first-order chi connectivity index (χ1) is 13.4. The minimum atomic E-state index is -0.177. The molecule has 5 heteroatoms. The predicted molar refractivity (Wildman–Crippen MR) is 109 cm³/mol. The van der Waals surface area contributed by atoms with Crippen molar-refractivity contribution in [3.05, 3.63) is 35.9 Å². The highest BCUT2D eigenvalue weighted by Crippen LogP contribution is 2.55. The van der Waals surface area contributed by atoms with Crippen LogP contribution in [0.1, 0.15) is 44.1 Å². The van der Waals surface area contributed by atoms with Crippen molar-refractivity contribution < 1.29 is 14.3 Å². The van der Waals surface area contributed by atoms with Gasteiger partial charge in [0.2, 0.25) is 11.8 Å². The van der Waals surface area contributed by atoms with Crippen LogP contribution in [-0.2, 0) is 9.59 Å². The number of benzene rings is 1. The van der Waals surface area contributed by atoms with Gasteiger partial charge in [0, 0.05) is 18.7 Å². The number of carbonyl (C=O) groups is 2. The van der Waals surface area contributed by atoms with Crippen LogP contribution < -0.4 is 10.1 Å². The highest BCUT2D eigenvalue weighted by molar-refractivity contribution is 5.94. The lowest BCUT2D eigenvalue weighted by Gasteiger charge is -2.57. The summed E-state index contributed by atoms with van der Waals surface area (Å²) in [5.74, 6) is 2.90. The summed E-state index contributed by atoms with van der Waals surface area (Å²) in [6.45, 7) is 0.100. The monoisotopic (exact) mass is 382 g/mol. The van der Waals surface area contributed by atoms with Gasteiger partial charge in [-0.2, -0.15) is 0 Å². The highest BCUT2D eigenvalue weighted by Gasteiger charge is 2.51. The molecule has 0 aromatic heterocycles. The van der Waals surface area contributed by atoms with Gasteiger partial charge in [-0.25, -0.2) is 0 Å². The van der Waals surface area contributed by atoms with E-state index in [1.807, 2.05) is 24.3 Å². The lowest BCUT2D eigenvalue weighted by Crippen LogP contribution is -2.61. The van der Waals surface area contributed by atoms with E-state index in [9.17, 15) is 9.59 Å². The maximum Gasteiger partial charge on any atom is 0.246 e. The van der Waals surface area contributed by atoms with Gasteiger partial charge >= 0.3 is 0 Å². The van der Waals surface area contributed by atoms with Crippen molar-refractivity contribution in [1.29, 1.82) is 0 Å². The topological polar surface area (TPSA) is 58.6 Å². The molecule has 150 valence electrons. The maximum atomic E-state index is 12.7. The quantitative estimate of drug-likeness (QED) is 0.769. The summed E-state index contributed by atoms with van der Waals surface area (Å²) in [7, 11) is 3.29. The number of amides is 2. The van der Waals surface area contributed by atoms with Crippen LogP contribution in [0.5, 0.6) is 5.75 Å². The third-order valence-electron chi connectivity index (χ3n) is 6.71. The molecule has 2 amide bonds. The Hall–Kier alpha value is -2.30. The molecule has 0 spiro atoms. The number of rotatable bonds is 6. The van der Waals surface area contributed by atoms with E-state index in [-0.39, 0.29) is 23.9 Å². The standard InChI is InChI=1S/C23H30N2O3/c1-25(22(27)7-6-16-4-3-5-20(11-16)28-2)15-21(26)24-23-12-17-8-18(13-23)10-19(9-17)14-23/h3-7,11,17-19H,8-10,12-15H2,1-2H3,(H,24,26)/b7-6+. The summed E-state index contributed by atoms with van der Waals surface area (Å²) < 4.78 is 5.19. The molecule has 0 aliphatic heterocycles. The summed E-state index contributed by atoms with van der Waals surface area (Å²) in [6.07, 6.45) is 10.7. The molecule has 28 heavy (non-hydrogen) atoms. The van der Waals surface area contributed by atoms with Crippen LogP contribution in [0.2, 0.25) is 0 Å². The molecule has 4 bridgehead atoms. The van der Waals surface area contributed by atoms with Gasteiger partial charge in [0.25, 0.3) is 0 Å². The zero-order chi connectivity index (χ0) is 19.7. The van der Waals surface area contributed by atoms with E-state index < -0.39 is 0 Å². The van der Waals surface area contributed by atoms with Crippen molar-refractivity contribution in [3.63, 3.8) is 0 Å². The van der Waals surface area contributed by atoms with E-state index >= 15 is 0 Å². The molecule has 0 unspecified atom stereocenters. The number of hydrogen-bond acceptors (Lipinski definition) is 3. The van der Waals surface area contributed by atoms with Gasteiger partial charge in [0.15, 0.2) is 0 Å². The van der Waals surface area contributed by atoms with Gasteiger partial charge in [0.1, 0.15) is 5.75 Å². The molecule has 1 aromatic carbocycles. The van der Waals surface area contributed by atoms with Gasteiger partial charge in [-0.1, -0.05) is 12.1 Å². The Labute approximate surface area is 167 Å². The van der Waals surface area contributed by atoms with Crippen LogP contribution in [0, 0.1) is 17.8 Å². The van der Waals surface area contributed by atoms with Crippen molar-refractivity contribution in [2.75, 3.05) is 20.7 Å². The third-order valence-corrected chi connectivity index (χ3v) is 6.71. The van der Waals surface area contributed by atoms with Crippen LogP contribution in [0.4, 0.5) is 0 Å². The Morgan fingerprint density at radius 3 is 2.43 bits per heavy atom. The maximum absolute atomic E-state index is 12.7. The lowest BCUT2D eigenvalue weighted by atomic mass is 9.53. The van der Waals surface area contributed by atoms with E-state index in [4.69, 9.17) is 4.74 Å². The number of nitrogens with one attached hydrogen (secondary N) is 1. The Bertz CT molecular complexity index is 751. The largest absolute Gasteiger partial charge is 0.497 e. The van der Waals surface area contributed by atoms with Crippen molar-refractivity contribution in [3.8, 4) is 5.75 Å². The summed E-state index contributed by atoms with van der Waals surface area (Å²) >= 11 is 0. The van der Waals surface area contributed by atoms with Gasteiger partial charge in [0.05, 0.1) is 13.7 Å². The average molecular weight is 383 g/mol. The lowest BCUT2D eigenvalue weighted by molar-refractivity contribution is -0.134. The molecule has 0 heterocycles. The second-order valence-corrected chi connectivity index (χ2v) is 9.05. The molecule has 0 atom stereocenters. The van der Waals surface area contributed by atoms with Crippen LogP contribution in [0.25, 0.3) is 6.08 Å². The van der Waals surface area contributed by atoms with E-state index in [2.05, 4.69) is 5.32 Å². The molecular weight excluding hydrogens is 352 g/mol. The first-order valence-corrected chi connectivity index (χ1v) is 10.3. The summed E-state index contributed by atoms with van der Waals surface area (Å²) in [5, 5.41) is 3.33. The molecule has 4 aliphatic rings. The summed E-state index contributed by atoms with van der Waals surface area (Å²) in [4.78, 5) is 26.5. The number of likely N-dealkylation sites (N-methyl/N-ethyl adjacent to an activating group) is 1. The van der Waals surface area contributed by atoms with Crippen molar-refractivity contribution in [1.82, 2.24) is 10.2 Å². The minimum Gasteiger partial charge on any atom is -0.497 e. The molecule has 1 aromatic rings.